The molecule has 0 aliphatic rings. The quantitative estimate of drug-likeness (QED) is 0.559. The number of anilines is 2. The number of para-hydroxylation sites is 2. The highest BCUT2D eigenvalue weighted by Gasteiger charge is 2.30. The van der Waals surface area contributed by atoms with Crippen LogP contribution >= 0.6 is 11.3 Å². The lowest BCUT2D eigenvalue weighted by atomic mass is 10.2. The van der Waals surface area contributed by atoms with Crippen LogP contribution in [0.1, 0.15) is 10.4 Å². The number of rotatable bonds is 7. The molecular weight excluding hydrogens is 431 g/mol. The van der Waals surface area contributed by atoms with E-state index in [9.17, 15) is 22.4 Å². The average molecular weight is 448 g/mol. The number of sulfonamides is 1. The van der Waals surface area contributed by atoms with Crippen LogP contribution in [-0.2, 0) is 19.6 Å². The Labute approximate surface area is 176 Å². The number of carbonyl (C=O) groups excluding carboxylic acids is 2. The van der Waals surface area contributed by atoms with Gasteiger partial charge < -0.3 is 10.1 Å². The molecule has 0 unspecified atom stereocenters. The van der Waals surface area contributed by atoms with E-state index in [1.165, 1.54) is 43.5 Å². The molecule has 10 heteroatoms. The second kappa shape index (κ2) is 9.06. The Bertz CT molecular complexity index is 1160. The number of benzene rings is 2. The number of esters is 1. The third kappa shape index (κ3) is 4.50. The monoisotopic (exact) mass is 448 g/mol. The van der Waals surface area contributed by atoms with Gasteiger partial charge in [-0.25, -0.2) is 17.6 Å². The molecule has 0 bridgehead atoms. The summed E-state index contributed by atoms with van der Waals surface area (Å²) in [6, 6.07) is 14.3. The van der Waals surface area contributed by atoms with E-state index in [-0.39, 0.29) is 21.1 Å². The van der Waals surface area contributed by atoms with Crippen LogP contribution in [0.4, 0.5) is 15.8 Å². The standard InChI is InChI=1S/C20H17FN2O5S2/c1-28-20(25)14-7-2-4-9-16(14)22-18(24)13-23(17-10-5-3-8-15(17)21)30(26,27)19-11-6-12-29-19/h2-12H,13H2,1H3,(H,22,24). The number of hydrogen-bond donors (Lipinski definition) is 1. The van der Waals surface area contributed by atoms with E-state index >= 15 is 0 Å². The molecule has 7 nitrogen and oxygen atoms in total. The summed E-state index contributed by atoms with van der Waals surface area (Å²) in [5.74, 6) is -2.21. The van der Waals surface area contributed by atoms with Crippen LogP contribution < -0.4 is 9.62 Å². The predicted octanol–water partition coefficient (Wildman–Crippen LogP) is 3.51. The summed E-state index contributed by atoms with van der Waals surface area (Å²) in [6.07, 6.45) is 0. The van der Waals surface area contributed by atoms with Crippen molar-refractivity contribution in [2.75, 3.05) is 23.3 Å². The third-order valence-electron chi connectivity index (χ3n) is 4.05. The first-order valence-corrected chi connectivity index (χ1v) is 10.9. The van der Waals surface area contributed by atoms with E-state index in [2.05, 4.69) is 10.1 Å². The first-order chi connectivity index (χ1) is 14.3. The molecule has 156 valence electrons. The van der Waals surface area contributed by atoms with Gasteiger partial charge >= 0.3 is 5.97 Å². The van der Waals surface area contributed by atoms with Crippen molar-refractivity contribution >= 4 is 44.6 Å². The summed E-state index contributed by atoms with van der Waals surface area (Å²) in [5, 5.41) is 4.07. The van der Waals surface area contributed by atoms with Gasteiger partial charge in [0.05, 0.1) is 24.0 Å². The lowest BCUT2D eigenvalue weighted by molar-refractivity contribution is -0.114. The van der Waals surface area contributed by atoms with E-state index in [1.807, 2.05) is 0 Å². The lowest BCUT2D eigenvalue weighted by Gasteiger charge is -2.23. The first kappa shape index (κ1) is 21.5. The van der Waals surface area contributed by atoms with E-state index in [0.717, 1.165) is 17.4 Å². The summed E-state index contributed by atoms with van der Waals surface area (Å²) in [5.41, 5.74) is -0.00874. The molecule has 1 aromatic heterocycles. The van der Waals surface area contributed by atoms with Crippen molar-refractivity contribution in [3.63, 3.8) is 0 Å². The normalized spacial score (nSPS) is 11.0. The van der Waals surface area contributed by atoms with Gasteiger partial charge in [0.1, 0.15) is 16.6 Å². The van der Waals surface area contributed by atoms with Crippen molar-refractivity contribution in [3.8, 4) is 0 Å². The van der Waals surface area contributed by atoms with Gasteiger partial charge in [0.15, 0.2) is 0 Å². The zero-order chi connectivity index (χ0) is 21.7. The van der Waals surface area contributed by atoms with Crippen LogP contribution in [0.15, 0.2) is 70.3 Å². The summed E-state index contributed by atoms with van der Waals surface area (Å²) < 4.78 is 45.9. The van der Waals surface area contributed by atoms with Gasteiger partial charge in [0.2, 0.25) is 5.91 Å². The molecule has 0 fully saturated rings. The van der Waals surface area contributed by atoms with Gasteiger partial charge in [-0.15, -0.1) is 11.3 Å². The molecule has 3 aromatic rings. The Hall–Kier alpha value is -3.24. The van der Waals surface area contributed by atoms with E-state index in [1.54, 1.807) is 23.6 Å². The number of halogens is 1. The number of amides is 1. The highest BCUT2D eigenvalue weighted by Crippen LogP contribution is 2.28. The summed E-state index contributed by atoms with van der Waals surface area (Å²) in [6.45, 7) is -0.698. The number of methoxy groups -OCH3 is 1. The van der Waals surface area contributed by atoms with Crippen LogP contribution in [0, 0.1) is 5.82 Å². The topological polar surface area (TPSA) is 92.8 Å². The first-order valence-electron chi connectivity index (χ1n) is 8.62. The van der Waals surface area contributed by atoms with Gasteiger partial charge in [-0.1, -0.05) is 30.3 Å². The summed E-state index contributed by atoms with van der Waals surface area (Å²) in [7, 11) is -2.99. The number of hydrogen-bond acceptors (Lipinski definition) is 6. The van der Waals surface area contributed by atoms with E-state index < -0.39 is 34.3 Å². The van der Waals surface area contributed by atoms with Crippen LogP contribution in [0.25, 0.3) is 0 Å². The fraction of sp³-hybridized carbons (Fsp3) is 0.100. The average Bonchev–Trinajstić information content (AvgIpc) is 3.28. The van der Waals surface area contributed by atoms with Crippen molar-refractivity contribution in [3.05, 3.63) is 77.4 Å². The molecule has 2 aromatic carbocycles. The molecule has 0 radical (unpaired) electrons. The van der Waals surface area contributed by atoms with E-state index in [0.29, 0.717) is 4.31 Å². The van der Waals surface area contributed by atoms with Crippen molar-refractivity contribution in [2.45, 2.75) is 4.21 Å². The van der Waals surface area contributed by atoms with Crippen LogP contribution in [0.2, 0.25) is 0 Å². The minimum atomic E-state index is -4.19. The molecule has 30 heavy (non-hydrogen) atoms. The number of nitrogens with zero attached hydrogens (tertiary/aromatic N) is 1. The highest BCUT2D eigenvalue weighted by atomic mass is 32.2. The van der Waals surface area contributed by atoms with Crippen LogP contribution in [0.3, 0.4) is 0 Å². The van der Waals surface area contributed by atoms with Gasteiger partial charge in [0, 0.05) is 0 Å². The van der Waals surface area contributed by atoms with Crippen molar-refractivity contribution < 1.29 is 27.1 Å². The van der Waals surface area contributed by atoms with Crippen LogP contribution in [0.5, 0.6) is 0 Å². The number of ether oxygens (including phenoxy) is 1. The molecule has 0 aliphatic carbocycles. The largest absolute Gasteiger partial charge is 0.465 e. The molecule has 0 saturated carbocycles. The highest BCUT2D eigenvalue weighted by molar-refractivity contribution is 7.94. The molecule has 1 amide bonds. The number of nitrogens with one attached hydrogen (secondary N) is 1. The molecule has 0 aliphatic heterocycles. The molecule has 3 rings (SSSR count). The maximum Gasteiger partial charge on any atom is 0.339 e. The Morgan fingerprint density at radius 2 is 1.77 bits per heavy atom. The Morgan fingerprint density at radius 3 is 2.43 bits per heavy atom. The van der Waals surface area contributed by atoms with Crippen LogP contribution in [-0.4, -0.2) is 33.9 Å². The molecule has 1 N–H and O–H groups in total. The van der Waals surface area contributed by atoms with Crippen molar-refractivity contribution in [1.82, 2.24) is 0 Å². The second-order valence-electron chi connectivity index (χ2n) is 5.98. The molecule has 0 atom stereocenters. The Balaban J connectivity index is 1.94. The maximum atomic E-state index is 14.4. The fourth-order valence-corrected chi connectivity index (χ4v) is 5.21. The summed E-state index contributed by atoms with van der Waals surface area (Å²) in [4.78, 5) is 24.6. The van der Waals surface area contributed by atoms with Gasteiger partial charge in [-0.2, -0.15) is 0 Å². The Kier molecular flexibility index (Phi) is 6.48. The Morgan fingerprint density at radius 1 is 1.07 bits per heavy atom. The zero-order valence-electron chi connectivity index (χ0n) is 15.7. The van der Waals surface area contributed by atoms with Crippen molar-refractivity contribution in [1.29, 1.82) is 0 Å². The van der Waals surface area contributed by atoms with Gasteiger partial charge in [-0.05, 0) is 35.7 Å². The SMILES string of the molecule is COC(=O)c1ccccc1NC(=O)CN(c1ccccc1F)S(=O)(=O)c1cccs1. The minimum Gasteiger partial charge on any atom is -0.465 e. The fourth-order valence-electron chi connectivity index (χ4n) is 2.67. The van der Waals surface area contributed by atoms with E-state index in [4.69, 9.17) is 0 Å². The van der Waals surface area contributed by atoms with Gasteiger partial charge in [0.25, 0.3) is 10.0 Å². The predicted molar refractivity (Wildman–Crippen MR) is 112 cm³/mol. The molecule has 0 saturated heterocycles. The van der Waals surface area contributed by atoms with Crippen molar-refractivity contribution in [2.24, 2.45) is 0 Å². The zero-order valence-corrected chi connectivity index (χ0v) is 17.4. The smallest absolute Gasteiger partial charge is 0.339 e. The third-order valence-corrected chi connectivity index (χ3v) is 7.19. The van der Waals surface area contributed by atoms with Gasteiger partial charge in [-0.3, -0.25) is 9.10 Å². The minimum absolute atomic E-state index is 0.0338. The lowest BCUT2D eigenvalue weighted by Crippen LogP contribution is -2.38. The molecule has 0 spiro atoms. The second-order valence-corrected chi connectivity index (χ2v) is 9.02. The molecule has 1 heterocycles. The maximum absolute atomic E-state index is 14.4. The number of thiophene rings is 1. The molecular formula is C20H17FN2O5S2. The number of carbonyl (C=O) groups is 2. The summed E-state index contributed by atoms with van der Waals surface area (Å²) >= 11 is 0.954.